The smallest absolute Gasteiger partial charge is 0.329 e. The minimum atomic E-state index is -0.473. The molecule has 8 nitrogen and oxygen atoms in total. The van der Waals surface area contributed by atoms with Gasteiger partial charge in [0.15, 0.2) is 0 Å². The molecule has 0 aliphatic heterocycles. The number of aromatic nitrogens is 2. The summed E-state index contributed by atoms with van der Waals surface area (Å²) in [6.07, 6.45) is 1.58. The van der Waals surface area contributed by atoms with Gasteiger partial charge in [0.25, 0.3) is 5.69 Å². The highest BCUT2D eigenvalue weighted by atomic mass is 16.6. The molecule has 2 aromatic carbocycles. The predicted molar refractivity (Wildman–Crippen MR) is 106 cm³/mol. The van der Waals surface area contributed by atoms with E-state index in [9.17, 15) is 19.7 Å². The van der Waals surface area contributed by atoms with Gasteiger partial charge >= 0.3 is 5.69 Å². The van der Waals surface area contributed by atoms with Gasteiger partial charge in [-0.25, -0.2) is 4.79 Å². The molecule has 3 rings (SSSR count). The standard InChI is InChI=1S/C20H20N4O4/c1-3-11-22(13-15-7-6-8-16(12-15)24(27)28)19(25)14-23-18-10-5-4-9-17(18)21(2)20(23)26/h3-10,12H,1,11,13-14H2,2H3. The lowest BCUT2D eigenvalue weighted by Crippen LogP contribution is -2.36. The topological polar surface area (TPSA) is 90.4 Å². The number of fused-ring (bicyclic) bond motifs is 1. The number of amides is 1. The SMILES string of the molecule is C=CCN(Cc1cccc([N+](=O)[O-])c1)C(=O)Cn1c(=O)n(C)c2ccccc21. The molecule has 0 aliphatic carbocycles. The number of non-ortho nitro benzene ring substituents is 1. The summed E-state index contributed by atoms with van der Waals surface area (Å²) < 4.78 is 2.93. The van der Waals surface area contributed by atoms with Crippen LogP contribution in [0.5, 0.6) is 0 Å². The number of carbonyl (C=O) groups is 1. The van der Waals surface area contributed by atoms with Crippen molar-refractivity contribution in [1.29, 1.82) is 0 Å². The summed E-state index contributed by atoms with van der Waals surface area (Å²) in [7, 11) is 1.66. The number of para-hydroxylation sites is 2. The van der Waals surface area contributed by atoms with Crippen LogP contribution in [-0.4, -0.2) is 31.4 Å². The van der Waals surface area contributed by atoms with E-state index in [-0.39, 0.29) is 36.9 Å². The van der Waals surface area contributed by atoms with Gasteiger partial charge in [0.2, 0.25) is 5.91 Å². The zero-order valence-corrected chi connectivity index (χ0v) is 15.4. The number of rotatable bonds is 7. The molecule has 0 aliphatic rings. The fourth-order valence-electron chi connectivity index (χ4n) is 3.15. The lowest BCUT2D eigenvalue weighted by Gasteiger charge is -2.21. The summed E-state index contributed by atoms with van der Waals surface area (Å²) in [6, 6.07) is 13.4. The summed E-state index contributed by atoms with van der Waals surface area (Å²) in [5.41, 5.74) is 1.75. The molecule has 1 heterocycles. The van der Waals surface area contributed by atoms with Gasteiger partial charge in [0.1, 0.15) is 6.54 Å². The molecule has 28 heavy (non-hydrogen) atoms. The first-order chi connectivity index (χ1) is 13.4. The van der Waals surface area contributed by atoms with Crippen molar-refractivity contribution in [1.82, 2.24) is 14.0 Å². The average molecular weight is 380 g/mol. The van der Waals surface area contributed by atoms with Crippen LogP contribution in [0.1, 0.15) is 5.56 Å². The maximum Gasteiger partial charge on any atom is 0.329 e. The van der Waals surface area contributed by atoms with Crippen molar-refractivity contribution in [2.24, 2.45) is 7.05 Å². The van der Waals surface area contributed by atoms with E-state index in [4.69, 9.17) is 0 Å². The van der Waals surface area contributed by atoms with Crippen LogP contribution < -0.4 is 5.69 Å². The first-order valence-electron chi connectivity index (χ1n) is 8.68. The van der Waals surface area contributed by atoms with E-state index in [1.54, 1.807) is 31.3 Å². The molecule has 3 aromatic rings. The number of nitro benzene ring substituents is 1. The van der Waals surface area contributed by atoms with E-state index in [1.807, 2.05) is 18.2 Å². The summed E-state index contributed by atoms with van der Waals surface area (Å²) in [4.78, 5) is 37.5. The first kappa shape index (κ1) is 19.1. The van der Waals surface area contributed by atoms with Gasteiger partial charge in [0, 0.05) is 32.3 Å². The largest absolute Gasteiger partial charge is 0.333 e. The summed E-state index contributed by atoms with van der Waals surface area (Å²) in [6.45, 7) is 4.00. The molecular formula is C20H20N4O4. The number of imidazole rings is 1. The van der Waals surface area contributed by atoms with E-state index in [0.717, 1.165) is 5.52 Å². The van der Waals surface area contributed by atoms with E-state index >= 15 is 0 Å². The van der Waals surface area contributed by atoms with Crippen molar-refractivity contribution in [3.05, 3.63) is 87.3 Å². The van der Waals surface area contributed by atoms with Crippen molar-refractivity contribution >= 4 is 22.6 Å². The normalized spacial score (nSPS) is 10.8. The third-order valence-electron chi connectivity index (χ3n) is 4.54. The van der Waals surface area contributed by atoms with E-state index in [2.05, 4.69) is 6.58 Å². The van der Waals surface area contributed by atoms with Gasteiger partial charge in [-0.1, -0.05) is 30.3 Å². The van der Waals surface area contributed by atoms with Gasteiger partial charge < -0.3 is 4.90 Å². The van der Waals surface area contributed by atoms with E-state index in [0.29, 0.717) is 11.1 Å². The Morgan fingerprint density at radius 1 is 1.21 bits per heavy atom. The van der Waals surface area contributed by atoms with Crippen molar-refractivity contribution < 1.29 is 9.72 Å². The molecule has 0 radical (unpaired) electrons. The Bertz CT molecular complexity index is 1110. The van der Waals surface area contributed by atoms with Crippen LogP contribution in [0.15, 0.2) is 66.0 Å². The van der Waals surface area contributed by atoms with Gasteiger partial charge in [-0.05, 0) is 17.7 Å². The molecule has 0 spiro atoms. The summed E-state index contributed by atoms with van der Waals surface area (Å²) >= 11 is 0. The van der Waals surface area contributed by atoms with Gasteiger partial charge in [-0.3, -0.25) is 24.0 Å². The zero-order chi connectivity index (χ0) is 20.3. The van der Waals surface area contributed by atoms with Crippen LogP contribution in [0.2, 0.25) is 0 Å². The number of hydrogen-bond donors (Lipinski definition) is 0. The first-order valence-corrected chi connectivity index (χ1v) is 8.68. The van der Waals surface area contributed by atoms with Gasteiger partial charge in [-0.2, -0.15) is 0 Å². The second-order valence-corrected chi connectivity index (χ2v) is 6.41. The quantitative estimate of drug-likeness (QED) is 0.358. The highest BCUT2D eigenvalue weighted by Crippen LogP contribution is 2.16. The minimum absolute atomic E-state index is 0.0335. The lowest BCUT2D eigenvalue weighted by molar-refractivity contribution is -0.384. The number of nitro groups is 1. The Morgan fingerprint density at radius 3 is 2.61 bits per heavy atom. The fraction of sp³-hybridized carbons (Fsp3) is 0.200. The second-order valence-electron chi connectivity index (χ2n) is 6.41. The molecular weight excluding hydrogens is 360 g/mol. The van der Waals surface area contributed by atoms with Crippen molar-refractivity contribution in [2.45, 2.75) is 13.1 Å². The van der Waals surface area contributed by atoms with Crippen LogP contribution in [0, 0.1) is 10.1 Å². The monoisotopic (exact) mass is 380 g/mol. The van der Waals surface area contributed by atoms with Gasteiger partial charge in [0.05, 0.1) is 16.0 Å². The molecule has 0 N–H and O–H groups in total. The molecule has 8 heteroatoms. The Morgan fingerprint density at radius 2 is 1.93 bits per heavy atom. The fourth-order valence-corrected chi connectivity index (χ4v) is 3.15. The molecule has 0 atom stereocenters. The highest BCUT2D eigenvalue weighted by molar-refractivity contribution is 5.81. The van der Waals surface area contributed by atoms with E-state index < -0.39 is 4.92 Å². The maximum absolute atomic E-state index is 12.9. The third kappa shape index (κ3) is 3.71. The molecule has 0 unspecified atom stereocenters. The molecule has 0 fully saturated rings. The summed E-state index contributed by atoms with van der Waals surface area (Å²) in [5, 5.41) is 11.0. The molecule has 0 bridgehead atoms. The highest BCUT2D eigenvalue weighted by Gasteiger charge is 2.18. The average Bonchev–Trinajstić information content (AvgIpc) is 2.93. The number of nitrogens with zero attached hydrogens (tertiary/aromatic N) is 4. The Balaban J connectivity index is 1.88. The molecule has 0 saturated carbocycles. The summed E-state index contributed by atoms with van der Waals surface area (Å²) in [5.74, 6) is -0.273. The lowest BCUT2D eigenvalue weighted by atomic mass is 10.2. The van der Waals surface area contributed by atoms with Crippen LogP contribution in [-0.2, 0) is 24.9 Å². The van der Waals surface area contributed by atoms with Crippen LogP contribution in [0.3, 0.4) is 0 Å². The number of hydrogen-bond acceptors (Lipinski definition) is 4. The maximum atomic E-state index is 12.9. The number of benzene rings is 2. The van der Waals surface area contributed by atoms with E-state index in [1.165, 1.54) is 26.2 Å². The third-order valence-corrected chi connectivity index (χ3v) is 4.54. The van der Waals surface area contributed by atoms with Crippen molar-refractivity contribution in [2.75, 3.05) is 6.54 Å². The van der Waals surface area contributed by atoms with Crippen LogP contribution >= 0.6 is 0 Å². The van der Waals surface area contributed by atoms with Crippen LogP contribution in [0.4, 0.5) is 5.69 Å². The molecule has 1 aromatic heterocycles. The Hall–Kier alpha value is -3.68. The molecule has 0 saturated heterocycles. The number of aryl methyl sites for hydroxylation is 1. The Labute approximate surface area is 161 Å². The predicted octanol–water partition coefficient (Wildman–Crippen LogP) is 2.46. The zero-order valence-electron chi connectivity index (χ0n) is 15.4. The minimum Gasteiger partial charge on any atom is -0.333 e. The molecule has 144 valence electrons. The number of carbonyl (C=O) groups excluding carboxylic acids is 1. The van der Waals surface area contributed by atoms with Crippen molar-refractivity contribution in [3.63, 3.8) is 0 Å². The van der Waals surface area contributed by atoms with Gasteiger partial charge in [-0.15, -0.1) is 6.58 Å². The Kier molecular flexibility index (Phi) is 5.39. The molecule has 1 amide bonds. The van der Waals surface area contributed by atoms with Crippen molar-refractivity contribution in [3.8, 4) is 0 Å². The second kappa shape index (κ2) is 7.91. The van der Waals surface area contributed by atoms with Crippen LogP contribution in [0.25, 0.3) is 11.0 Å².